The van der Waals surface area contributed by atoms with Gasteiger partial charge in [-0.15, -0.1) is 0 Å². The maximum Gasteiger partial charge on any atom is 0.276 e. The number of likely N-dealkylation sites (N-methyl/N-ethyl adjacent to an activating group) is 1. The molecule has 1 N–H and O–H groups in total. The van der Waals surface area contributed by atoms with Crippen molar-refractivity contribution in [2.24, 2.45) is 0 Å². The summed E-state index contributed by atoms with van der Waals surface area (Å²) in [6.07, 6.45) is 0. The summed E-state index contributed by atoms with van der Waals surface area (Å²) in [6, 6.07) is 3.18. The molecule has 1 heterocycles. The number of hydrogen-bond donors (Lipinski definition) is 1. The molecule has 0 aliphatic carbocycles. The van der Waals surface area contributed by atoms with Crippen molar-refractivity contribution < 1.29 is 17.6 Å². The Morgan fingerprint density at radius 3 is 2.68 bits per heavy atom. The fourth-order valence-electron chi connectivity index (χ4n) is 1.61. The van der Waals surface area contributed by atoms with Gasteiger partial charge in [-0.2, -0.15) is 4.31 Å². The molecule has 0 bridgehead atoms. The molecule has 0 aromatic carbocycles. The molecular weight excluding hydrogens is 268 g/mol. The third-order valence-electron chi connectivity index (χ3n) is 2.68. The van der Waals surface area contributed by atoms with Gasteiger partial charge in [0.15, 0.2) is 0 Å². The van der Waals surface area contributed by atoms with Crippen molar-refractivity contribution in [3.05, 3.63) is 17.9 Å². The van der Waals surface area contributed by atoms with Gasteiger partial charge in [-0.1, -0.05) is 13.8 Å². The highest BCUT2D eigenvalue weighted by atomic mass is 32.2. The molecule has 0 spiro atoms. The summed E-state index contributed by atoms with van der Waals surface area (Å²) in [5.41, 5.74) is 0. The van der Waals surface area contributed by atoms with Crippen molar-refractivity contribution in [3.63, 3.8) is 0 Å². The van der Waals surface area contributed by atoms with E-state index in [0.717, 1.165) is 6.54 Å². The standard InChI is InChI=1S/C12H22N2O4S/c1-4-13-10-11-6-7-12(18-11)19(15,16)14(5-2)8-9-17-3/h6-7,13H,4-5,8-10H2,1-3H3. The fraction of sp³-hybridized carbons (Fsp3) is 0.667. The molecule has 0 saturated heterocycles. The molecule has 1 rings (SSSR count). The second-order valence-corrected chi connectivity index (χ2v) is 5.86. The number of ether oxygens (including phenoxy) is 1. The Morgan fingerprint density at radius 1 is 1.37 bits per heavy atom. The number of rotatable bonds is 9. The van der Waals surface area contributed by atoms with Crippen LogP contribution in [0.2, 0.25) is 0 Å². The van der Waals surface area contributed by atoms with E-state index in [1.165, 1.54) is 10.4 Å². The van der Waals surface area contributed by atoms with Crippen LogP contribution >= 0.6 is 0 Å². The van der Waals surface area contributed by atoms with Crippen molar-refractivity contribution in [2.45, 2.75) is 25.5 Å². The van der Waals surface area contributed by atoms with E-state index in [2.05, 4.69) is 5.32 Å². The van der Waals surface area contributed by atoms with Gasteiger partial charge < -0.3 is 14.5 Å². The lowest BCUT2D eigenvalue weighted by Gasteiger charge is -2.18. The molecule has 6 nitrogen and oxygen atoms in total. The van der Waals surface area contributed by atoms with Crippen LogP contribution in [0.15, 0.2) is 21.6 Å². The predicted molar refractivity (Wildman–Crippen MR) is 72.4 cm³/mol. The average Bonchev–Trinajstić information content (AvgIpc) is 2.86. The zero-order valence-electron chi connectivity index (χ0n) is 11.7. The highest BCUT2D eigenvalue weighted by Crippen LogP contribution is 2.18. The van der Waals surface area contributed by atoms with Gasteiger partial charge in [-0.05, 0) is 18.7 Å². The zero-order chi connectivity index (χ0) is 14.3. The van der Waals surface area contributed by atoms with Gasteiger partial charge in [0, 0.05) is 20.2 Å². The molecule has 0 unspecified atom stereocenters. The molecule has 0 atom stereocenters. The van der Waals surface area contributed by atoms with Gasteiger partial charge in [0.05, 0.1) is 13.2 Å². The molecule has 110 valence electrons. The van der Waals surface area contributed by atoms with Gasteiger partial charge in [-0.25, -0.2) is 8.42 Å². The maximum atomic E-state index is 12.3. The minimum absolute atomic E-state index is 0.0154. The number of methoxy groups -OCH3 is 1. The first kappa shape index (κ1) is 16.2. The van der Waals surface area contributed by atoms with Crippen LogP contribution in [0, 0.1) is 0 Å². The Bertz CT molecular complexity index is 470. The Balaban J connectivity index is 2.82. The van der Waals surface area contributed by atoms with Crippen LogP contribution in [0.25, 0.3) is 0 Å². The predicted octanol–water partition coefficient (Wildman–Crippen LogP) is 1.05. The Kier molecular flexibility index (Phi) is 6.50. The van der Waals surface area contributed by atoms with Crippen LogP contribution < -0.4 is 5.32 Å². The number of nitrogens with zero attached hydrogens (tertiary/aromatic N) is 1. The first-order chi connectivity index (χ1) is 9.06. The Morgan fingerprint density at radius 2 is 2.11 bits per heavy atom. The van der Waals surface area contributed by atoms with E-state index in [1.54, 1.807) is 20.1 Å². The SMILES string of the molecule is CCNCc1ccc(S(=O)(=O)N(CC)CCOC)o1. The summed E-state index contributed by atoms with van der Waals surface area (Å²) >= 11 is 0. The van der Waals surface area contributed by atoms with Crippen LogP contribution in [0.3, 0.4) is 0 Å². The van der Waals surface area contributed by atoms with Crippen molar-refractivity contribution in [1.82, 2.24) is 9.62 Å². The third-order valence-corrected chi connectivity index (χ3v) is 4.53. The van der Waals surface area contributed by atoms with E-state index in [0.29, 0.717) is 32.0 Å². The summed E-state index contributed by atoms with van der Waals surface area (Å²) in [6.45, 7) is 6.15. The summed E-state index contributed by atoms with van der Waals surface area (Å²) < 4.78 is 36.3. The summed E-state index contributed by atoms with van der Waals surface area (Å²) in [4.78, 5) is 0. The number of nitrogens with one attached hydrogen (secondary N) is 1. The molecular formula is C12H22N2O4S. The third kappa shape index (κ3) is 4.31. The summed E-state index contributed by atoms with van der Waals surface area (Å²) in [5.74, 6) is 0.614. The van der Waals surface area contributed by atoms with Crippen molar-refractivity contribution in [1.29, 1.82) is 0 Å². The van der Waals surface area contributed by atoms with E-state index in [-0.39, 0.29) is 5.09 Å². The van der Waals surface area contributed by atoms with E-state index >= 15 is 0 Å². The van der Waals surface area contributed by atoms with Gasteiger partial charge in [-0.3, -0.25) is 0 Å². The lowest BCUT2D eigenvalue weighted by atomic mass is 10.4. The van der Waals surface area contributed by atoms with Crippen LogP contribution in [-0.4, -0.2) is 46.1 Å². The largest absolute Gasteiger partial charge is 0.447 e. The van der Waals surface area contributed by atoms with Crippen LogP contribution in [0.1, 0.15) is 19.6 Å². The second kappa shape index (κ2) is 7.64. The monoisotopic (exact) mass is 290 g/mol. The van der Waals surface area contributed by atoms with Gasteiger partial charge in [0.2, 0.25) is 5.09 Å². The van der Waals surface area contributed by atoms with Crippen LogP contribution in [0.5, 0.6) is 0 Å². The molecule has 7 heteroatoms. The van der Waals surface area contributed by atoms with Gasteiger partial charge >= 0.3 is 0 Å². The lowest BCUT2D eigenvalue weighted by Crippen LogP contribution is -2.33. The smallest absolute Gasteiger partial charge is 0.276 e. The molecule has 19 heavy (non-hydrogen) atoms. The zero-order valence-corrected chi connectivity index (χ0v) is 12.5. The lowest BCUT2D eigenvalue weighted by molar-refractivity contribution is 0.179. The molecule has 0 fully saturated rings. The summed E-state index contributed by atoms with van der Waals surface area (Å²) in [5, 5.41) is 3.07. The van der Waals surface area contributed by atoms with Gasteiger partial charge in [0.1, 0.15) is 5.76 Å². The van der Waals surface area contributed by atoms with Crippen LogP contribution in [0.4, 0.5) is 0 Å². The number of sulfonamides is 1. The normalized spacial score (nSPS) is 12.2. The fourth-order valence-corrected chi connectivity index (χ4v) is 2.97. The van der Waals surface area contributed by atoms with E-state index in [9.17, 15) is 8.42 Å². The first-order valence-corrected chi connectivity index (χ1v) is 7.78. The average molecular weight is 290 g/mol. The molecule has 0 aliphatic heterocycles. The van der Waals surface area contributed by atoms with E-state index < -0.39 is 10.0 Å². The molecule has 0 amide bonds. The quantitative estimate of drug-likeness (QED) is 0.736. The van der Waals surface area contributed by atoms with E-state index in [1.807, 2.05) is 6.92 Å². The first-order valence-electron chi connectivity index (χ1n) is 6.34. The second-order valence-electron chi connectivity index (χ2n) is 3.99. The maximum absolute atomic E-state index is 12.3. The molecule has 1 aromatic heterocycles. The highest BCUT2D eigenvalue weighted by molar-refractivity contribution is 7.89. The molecule has 0 radical (unpaired) electrons. The minimum Gasteiger partial charge on any atom is -0.447 e. The number of furan rings is 1. The Hall–Kier alpha value is -0.890. The topological polar surface area (TPSA) is 71.8 Å². The molecule has 0 saturated carbocycles. The van der Waals surface area contributed by atoms with Crippen molar-refractivity contribution >= 4 is 10.0 Å². The highest BCUT2D eigenvalue weighted by Gasteiger charge is 2.26. The van der Waals surface area contributed by atoms with E-state index in [4.69, 9.17) is 9.15 Å². The molecule has 1 aromatic rings. The van der Waals surface area contributed by atoms with Crippen molar-refractivity contribution in [3.8, 4) is 0 Å². The number of hydrogen-bond acceptors (Lipinski definition) is 5. The van der Waals surface area contributed by atoms with Crippen molar-refractivity contribution in [2.75, 3.05) is 33.4 Å². The molecule has 0 aliphatic rings. The van der Waals surface area contributed by atoms with Crippen LogP contribution in [-0.2, 0) is 21.3 Å². The summed E-state index contributed by atoms with van der Waals surface area (Å²) in [7, 11) is -2.03. The minimum atomic E-state index is -3.57. The van der Waals surface area contributed by atoms with Gasteiger partial charge in [0.25, 0.3) is 10.0 Å². The Labute approximate surface area is 114 Å².